The SMILES string of the molecule is CCCCCCCCCCCCCCCCOC(=O)C(C)CCCCCCC. The van der Waals surface area contributed by atoms with E-state index in [1.807, 2.05) is 6.92 Å². The third-order valence-electron chi connectivity index (χ3n) is 5.89. The van der Waals surface area contributed by atoms with Gasteiger partial charge in [0.25, 0.3) is 0 Å². The Morgan fingerprint density at radius 1 is 0.571 bits per heavy atom. The fourth-order valence-electron chi connectivity index (χ4n) is 3.78. The third-order valence-corrected chi connectivity index (χ3v) is 5.89. The van der Waals surface area contributed by atoms with Crippen LogP contribution in [0.3, 0.4) is 0 Å². The molecule has 0 rings (SSSR count). The van der Waals surface area contributed by atoms with Crippen molar-refractivity contribution in [3.63, 3.8) is 0 Å². The smallest absolute Gasteiger partial charge is 0.308 e. The average molecular weight is 397 g/mol. The highest BCUT2D eigenvalue weighted by Gasteiger charge is 2.13. The number of ether oxygens (including phenoxy) is 1. The molecular formula is C26H52O2. The highest BCUT2D eigenvalue weighted by molar-refractivity contribution is 5.71. The standard InChI is InChI=1S/C26H52O2/c1-4-6-8-10-11-12-13-14-15-16-17-18-20-22-24-28-26(27)25(3)23-21-19-9-7-5-2/h25H,4-24H2,1-3H3. The van der Waals surface area contributed by atoms with Crippen LogP contribution < -0.4 is 0 Å². The maximum absolute atomic E-state index is 12.0. The van der Waals surface area contributed by atoms with Gasteiger partial charge in [-0.05, 0) is 12.8 Å². The summed E-state index contributed by atoms with van der Waals surface area (Å²) in [7, 11) is 0. The number of unbranched alkanes of at least 4 members (excludes halogenated alkanes) is 17. The van der Waals surface area contributed by atoms with Gasteiger partial charge in [-0.1, -0.05) is 136 Å². The molecule has 168 valence electrons. The van der Waals surface area contributed by atoms with Gasteiger partial charge in [0, 0.05) is 0 Å². The monoisotopic (exact) mass is 396 g/mol. The van der Waals surface area contributed by atoms with Gasteiger partial charge in [0.1, 0.15) is 0 Å². The Morgan fingerprint density at radius 2 is 0.929 bits per heavy atom. The molecule has 2 heteroatoms. The summed E-state index contributed by atoms with van der Waals surface area (Å²) in [5.41, 5.74) is 0. The van der Waals surface area contributed by atoms with E-state index in [1.54, 1.807) is 0 Å². The maximum Gasteiger partial charge on any atom is 0.308 e. The molecule has 1 unspecified atom stereocenters. The molecule has 0 bridgehead atoms. The van der Waals surface area contributed by atoms with Gasteiger partial charge in [-0.15, -0.1) is 0 Å². The Morgan fingerprint density at radius 3 is 1.36 bits per heavy atom. The predicted octanol–water partition coefficient (Wildman–Crippen LogP) is 9.01. The Bertz CT molecular complexity index is 314. The third kappa shape index (κ3) is 20.2. The van der Waals surface area contributed by atoms with E-state index in [4.69, 9.17) is 4.74 Å². The molecule has 0 aliphatic rings. The Kier molecular flexibility index (Phi) is 22.3. The zero-order chi connectivity index (χ0) is 20.7. The summed E-state index contributed by atoms with van der Waals surface area (Å²) >= 11 is 0. The number of esters is 1. The van der Waals surface area contributed by atoms with E-state index < -0.39 is 0 Å². The highest BCUT2D eigenvalue weighted by Crippen LogP contribution is 2.14. The van der Waals surface area contributed by atoms with E-state index in [2.05, 4.69) is 13.8 Å². The Labute approximate surface area is 177 Å². The van der Waals surface area contributed by atoms with E-state index in [0.717, 1.165) is 19.3 Å². The van der Waals surface area contributed by atoms with E-state index in [9.17, 15) is 4.79 Å². The van der Waals surface area contributed by atoms with Crippen molar-refractivity contribution in [1.82, 2.24) is 0 Å². The van der Waals surface area contributed by atoms with Crippen LogP contribution in [-0.4, -0.2) is 12.6 Å². The number of rotatable bonds is 22. The lowest BCUT2D eigenvalue weighted by molar-refractivity contribution is -0.148. The molecule has 0 saturated carbocycles. The van der Waals surface area contributed by atoms with Gasteiger partial charge in [0.15, 0.2) is 0 Å². The molecule has 0 radical (unpaired) electrons. The second-order valence-electron chi connectivity index (χ2n) is 8.87. The fourth-order valence-corrected chi connectivity index (χ4v) is 3.78. The molecule has 0 aromatic carbocycles. The van der Waals surface area contributed by atoms with Crippen molar-refractivity contribution >= 4 is 5.97 Å². The zero-order valence-electron chi connectivity index (χ0n) is 19.7. The first-order chi connectivity index (χ1) is 13.7. The summed E-state index contributed by atoms with van der Waals surface area (Å²) in [4.78, 5) is 12.0. The fraction of sp³-hybridized carbons (Fsp3) is 0.962. The summed E-state index contributed by atoms with van der Waals surface area (Å²) in [5.74, 6) is 0.0958. The van der Waals surface area contributed by atoms with Crippen molar-refractivity contribution in [2.24, 2.45) is 5.92 Å². The number of carbonyl (C=O) groups is 1. The van der Waals surface area contributed by atoms with Crippen LogP contribution >= 0.6 is 0 Å². The molecule has 0 aliphatic carbocycles. The van der Waals surface area contributed by atoms with Crippen LogP contribution in [0.5, 0.6) is 0 Å². The molecule has 0 heterocycles. The number of hydrogen-bond acceptors (Lipinski definition) is 2. The van der Waals surface area contributed by atoms with Crippen molar-refractivity contribution < 1.29 is 9.53 Å². The lowest BCUT2D eigenvalue weighted by Crippen LogP contribution is -2.15. The van der Waals surface area contributed by atoms with Gasteiger partial charge in [0.05, 0.1) is 12.5 Å². The second kappa shape index (κ2) is 22.8. The van der Waals surface area contributed by atoms with Crippen LogP contribution in [0.2, 0.25) is 0 Å². The zero-order valence-corrected chi connectivity index (χ0v) is 19.7. The van der Waals surface area contributed by atoms with E-state index >= 15 is 0 Å². The molecule has 0 fully saturated rings. The van der Waals surface area contributed by atoms with Crippen molar-refractivity contribution in [2.75, 3.05) is 6.61 Å². The second-order valence-corrected chi connectivity index (χ2v) is 8.87. The van der Waals surface area contributed by atoms with Crippen LogP contribution in [0.4, 0.5) is 0 Å². The summed E-state index contributed by atoms with van der Waals surface area (Å²) < 4.78 is 5.45. The largest absolute Gasteiger partial charge is 0.465 e. The molecule has 28 heavy (non-hydrogen) atoms. The first-order valence-corrected chi connectivity index (χ1v) is 12.9. The van der Waals surface area contributed by atoms with Crippen LogP contribution in [0, 0.1) is 5.92 Å². The van der Waals surface area contributed by atoms with Gasteiger partial charge in [0.2, 0.25) is 0 Å². The van der Waals surface area contributed by atoms with Crippen molar-refractivity contribution in [2.45, 2.75) is 149 Å². The van der Waals surface area contributed by atoms with Gasteiger partial charge in [-0.3, -0.25) is 4.79 Å². The molecule has 0 aromatic heterocycles. The maximum atomic E-state index is 12.0. The van der Waals surface area contributed by atoms with Crippen LogP contribution in [0.25, 0.3) is 0 Å². The first kappa shape index (κ1) is 27.5. The molecule has 1 atom stereocenters. The normalized spacial score (nSPS) is 12.2. The van der Waals surface area contributed by atoms with Gasteiger partial charge < -0.3 is 4.74 Å². The van der Waals surface area contributed by atoms with Crippen molar-refractivity contribution in [1.29, 1.82) is 0 Å². The lowest BCUT2D eigenvalue weighted by Gasteiger charge is -2.11. The minimum absolute atomic E-state index is 0.0187. The molecule has 0 aromatic rings. The van der Waals surface area contributed by atoms with Crippen molar-refractivity contribution in [3.8, 4) is 0 Å². The molecule has 2 nitrogen and oxygen atoms in total. The molecule has 0 aliphatic heterocycles. The van der Waals surface area contributed by atoms with E-state index in [-0.39, 0.29) is 11.9 Å². The minimum Gasteiger partial charge on any atom is -0.465 e. The molecule has 0 amide bonds. The van der Waals surface area contributed by atoms with E-state index in [0.29, 0.717) is 6.61 Å². The van der Waals surface area contributed by atoms with Crippen LogP contribution in [-0.2, 0) is 9.53 Å². The number of hydrogen-bond donors (Lipinski definition) is 0. The van der Waals surface area contributed by atoms with Crippen LogP contribution in [0.1, 0.15) is 149 Å². The minimum atomic E-state index is 0.0187. The van der Waals surface area contributed by atoms with Gasteiger partial charge in [-0.2, -0.15) is 0 Å². The molecular weight excluding hydrogens is 344 g/mol. The summed E-state index contributed by atoms with van der Waals surface area (Å²) in [6, 6.07) is 0. The predicted molar refractivity (Wildman–Crippen MR) is 124 cm³/mol. The van der Waals surface area contributed by atoms with E-state index in [1.165, 1.54) is 109 Å². The summed E-state index contributed by atoms with van der Waals surface area (Å²) in [6.45, 7) is 7.16. The summed E-state index contributed by atoms with van der Waals surface area (Å²) in [5, 5.41) is 0. The lowest BCUT2D eigenvalue weighted by atomic mass is 10.0. The number of carbonyl (C=O) groups excluding carboxylic acids is 1. The Balaban J connectivity index is 3.24. The Hall–Kier alpha value is -0.530. The van der Waals surface area contributed by atoms with Gasteiger partial charge >= 0.3 is 5.97 Å². The average Bonchev–Trinajstić information content (AvgIpc) is 2.70. The highest BCUT2D eigenvalue weighted by atomic mass is 16.5. The van der Waals surface area contributed by atoms with Crippen molar-refractivity contribution in [3.05, 3.63) is 0 Å². The molecule has 0 saturated heterocycles. The first-order valence-electron chi connectivity index (χ1n) is 12.9. The van der Waals surface area contributed by atoms with Crippen LogP contribution in [0.15, 0.2) is 0 Å². The summed E-state index contributed by atoms with van der Waals surface area (Å²) in [6.07, 6.45) is 26.3. The molecule has 0 N–H and O–H groups in total. The topological polar surface area (TPSA) is 26.3 Å². The quantitative estimate of drug-likeness (QED) is 0.135. The molecule has 0 spiro atoms. The van der Waals surface area contributed by atoms with Gasteiger partial charge in [-0.25, -0.2) is 0 Å².